The van der Waals surface area contributed by atoms with Crippen LogP contribution in [0.15, 0.2) is 41.1 Å². The first kappa shape index (κ1) is 12.2. The molecule has 2 rings (SSSR count). The Hall–Kier alpha value is -2.30. The average molecular weight is 246 g/mol. The number of aromatic hydroxyl groups is 1. The summed E-state index contributed by atoms with van der Waals surface area (Å²) >= 11 is 0. The molecule has 5 heteroatoms. The zero-order valence-electron chi connectivity index (χ0n) is 10.2. The third-order valence-electron chi connectivity index (χ3n) is 2.93. The number of nitrogens with zero attached hydrogens (tertiary/aromatic N) is 2. The summed E-state index contributed by atoms with van der Waals surface area (Å²) in [4.78, 5) is 13.6. The third-order valence-corrected chi connectivity index (χ3v) is 2.93. The SMILES string of the molecule is CC(c1ccc(O)cc1)N(C)C(=O)c1ccno1. The molecule has 1 aromatic carbocycles. The van der Waals surface area contributed by atoms with Crippen LogP contribution >= 0.6 is 0 Å². The normalized spacial score (nSPS) is 12.1. The van der Waals surface area contributed by atoms with E-state index in [1.54, 1.807) is 36.2 Å². The fourth-order valence-corrected chi connectivity index (χ4v) is 1.65. The Morgan fingerprint density at radius 2 is 2.00 bits per heavy atom. The number of amides is 1. The van der Waals surface area contributed by atoms with E-state index in [9.17, 15) is 9.90 Å². The predicted octanol–water partition coefficient (Wildman–Crippen LogP) is 2.21. The molecule has 2 aromatic rings. The number of aromatic nitrogens is 1. The van der Waals surface area contributed by atoms with E-state index < -0.39 is 0 Å². The lowest BCUT2D eigenvalue weighted by Gasteiger charge is -2.24. The van der Waals surface area contributed by atoms with Crippen LogP contribution in [0.25, 0.3) is 0 Å². The highest BCUT2D eigenvalue weighted by molar-refractivity contribution is 5.91. The first-order chi connectivity index (χ1) is 8.59. The molecule has 1 N–H and O–H groups in total. The Morgan fingerprint density at radius 1 is 1.33 bits per heavy atom. The van der Waals surface area contributed by atoms with Gasteiger partial charge >= 0.3 is 0 Å². The number of phenolic OH excluding ortho intramolecular Hbond substituents is 1. The van der Waals surface area contributed by atoms with Crippen molar-refractivity contribution < 1.29 is 14.4 Å². The fourth-order valence-electron chi connectivity index (χ4n) is 1.65. The second kappa shape index (κ2) is 4.91. The van der Waals surface area contributed by atoms with Gasteiger partial charge in [0.25, 0.3) is 5.91 Å². The highest BCUT2D eigenvalue weighted by Gasteiger charge is 2.21. The van der Waals surface area contributed by atoms with Crippen LogP contribution in [0.2, 0.25) is 0 Å². The third kappa shape index (κ3) is 2.34. The maximum atomic E-state index is 12.0. The van der Waals surface area contributed by atoms with E-state index in [1.165, 1.54) is 12.3 Å². The summed E-state index contributed by atoms with van der Waals surface area (Å²) in [5, 5.41) is 12.7. The number of carbonyl (C=O) groups is 1. The molecule has 1 atom stereocenters. The Balaban J connectivity index is 2.16. The number of carbonyl (C=O) groups excluding carboxylic acids is 1. The molecule has 0 radical (unpaired) electrons. The molecule has 1 aromatic heterocycles. The minimum atomic E-state index is -0.229. The Kier molecular flexibility index (Phi) is 3.32. The van der Waals surface area contributed by atoms with Crippen LogP contribution in [0, 0.1) is 0 Å². The molecular weight excluding hydrogens is 232 g/mol. The standard InChI is InChI=1S/C13H14N2O3/c1-9(10-3-5-11(16)6-4-10)15(2)13(17)12-7-8-14-18-12/h3-9,16H,1-2H3. The van der Waals surface area contributed by atoms with Crippen molar-refractivity contribution in [2.75, 3.05) is 7.05 Å². The van der Waals surface area contributed by atoms with E-state index in [2.05, 4.69) is 5.16 Å². The van der Waals surface area contributed by atoms with Crippen LogP contribution in [-0.4, -0.2) is 28.1 Å². The van der Waals surface area contributed by atoms with Crippen LogP contribution in [0.4, 0.5) is 0 Å². The van der Waals surface area contributed by atoms with Gasteiger partial charge in [0.2, 0.25) is 5.76 Å². The number of phenols is 1. The molecule has 0 aliphatic heterocycles. The van der Waals surface area contributed by atoms with Gasteiger partial charge in [0.15, 0.2) is 0 Å². The molecule has 0 saturated heterocycles. The van der Waals surface area contributed by atoms with Crippen LogP contribution in [0.3, 0.4) is 0 Å². The van der Waals surface area contributed by atoms with E-state index in [0.29, 0.717) is 0 Å². The summed E-state index contributed by atoms with van der Waals surface area (Å²) in [5.41, 5.74) is 0.933. The van der Waals surface area contributed by atoms with Gasteiger partial charge in [0, 0.05) is 13.1 Å². The molecule has 1 heterocycles. The predicted molar refractivity (Wildman–Crippen MR) is 65.1 cm³/mol. The second-order valence-electron chi connectivity index (χ2n) is 4.06. The van der Waals surface area contributed by atoms with Crippen molar-refractivity contribution in [3.63, 3.8) is 0 Å². The average Bonchev–Trinajstić information content (AvgIpc) is 2.91. The smallest absolute Gasteiger partial charge is 0.292 e. The van der Waals surface area contributed by atoms with E-state index in [4.69, 9.17) is 4.52 Å². The summed E-state index contributed by atoms with van der Waals surface area (Å²) in [6, 6.07) is 8.16. The fraction of sp³-hybridized carbons (Fsp3) is 0.231. The zero-order valence-corrected chi connectivity index (χ0v) is 10.2. The van der Waals surface area contributed by atoms with Gasteiger partial charge < -0.3 is 14.5 Å². The van der Waals surface area contributed by atoms with Crippen LogP contribution < -0.4 is 0 Å². The molecule has 0 saturated carbocycles. The van der Waals surface area contributed by atoms with Gasteiger partial charge in [-0.25, -0.2) is 0 Å². The molecular formula is C13H14N2O3. The molecule has 0 bridgehead atoms. The van der Waals surface area contributed by atoms with Crippen molar-refractivity contribution in [2.45, 2.75) is 13.0 Å². The van der Waals surface area contributed by atoms with Crippen LogP contribution in [0.5, 0.6) is 5.75 Å². The molecule has 1 unspecified atom stereocenters. The second-order valence-corrected chi connectivity index (χ2v) is 4.06. The molecule has 0 fully saturated rings. The summed E-state index contributed by atoms with van der Waals surface area (Å²) in [6.07, 6.45) is 1.44. The summed E-state index contributed by atoms with van der Waals surface area (Å²) in [5.74, 6) is 0.186. The lowest BCUT2D eigenvalue weighted by molar-refractivity contribution is 0.0700. The maximum absolute atomic E-state index is 12.0. The lowest BCUT2D eigenvalue weighted by Crippen LogP contribution is -2.29. The molecule has 1 amide bonds. The first-order valence-electron chi connectivity index (χ1n) is 5.56. The number of hydrogen-bond donors (Lipinski definition) is 1. The largest absolute Gasteiger partial charge is 0.508 e. The first-order valence-corrected chi connectivity index (χ1v) is 5.56. The number of rotatable bonds is 3. The Morgan fingerprint density at radius 3 is 2.56 bits per heavy atom. The van der Waals surface area contributed by atoms with Gasteiger partial charge in [-0.05, 0) is 24.6 Å². The van der Waals surface area contributed by atoms with Crippen molar-refractivity contribution in [3.8, 4) is 5.75 Å². The van der Waals surface area contributed by atoms with E-state index in [0.717, 1.165) is 5.56 Å². The molecule has 0 spiro atoms. The number of hydrogen-bond acceptors (Lipinski definition) is 4. The quantitative estimate of drug-likeness (QED) is 0.901. The zero-order chi connectivity index (χ0) is 13.1. The van der Waals surface area contributed by atoms with Gasteiger partial charge in [-0.2, -0.15) is 0 Å². The molecule has 18 heavy (non-hydrogen) atoms. The minimum Gasteiger partial charge on any atom is -0.508 e. The molecule has 0 aliphatic carbocycles. The molecule has 94 valence electrons. The highest BCUT2D eigenvalue weighted by atomic mass is 16.5. The monoisotopic (exact) mass is 246 g/mol. The van der Waals surface area contributed by atoms with Crippen LogP contribution in [-0.2, 0) is 0 Å². The van der Waals surface area contributed by atoms with Crippen LogP contribution in [0.1, 0.15) is 29.1 Å². The number of benzene rings is 1. The van der Waals surface area contributed by atoms with Gasteiger partial charge in [0.1, 0.15) is 5.75 Å². The van der Waals surface area contributed by atoms with Crippen molar-refractivity contribution in [1.29, 1.82) is 0 Å². The van der Waals surface area contributed by atoms with E-state index in [1.807, 2.05) is 6.92 Å². The van der Waals surface area contributed by atoms with Gasteiger partial charge in [-0.15, -0.1) is 0 Å². The van der Waals surface area contributed by atoms with E-state index >= 15 is 0 Å². The molecule has 0 aliphatic rings. The Labute approximate surface area is 105 Å². The van der Waals surface area contributed by atoms with Crippen molar-refractivity contribution in [2.24, 2.45) is 0 Å². The van der Waals surface area contributed by atoms with Gasteiger partial charge in [-0.3, -0.25) is 4.79 Å². The summed E-state index contributed by atoms with van der Waals surface area (Å²) in [6.45, 7) is 1.90. The molecule has 5 nitrogen and oxygen atoms in total. The Bertz CT molecular complexity index is 520. The lowest BCUT2D eigenvalue weighted by atomic mass is 10.1. The van der Waals surface area contributed by atoms with Crippen molar-refractivity contribution >= 4 is 5.91 Å². The summed E-state index contributed by atoms with van der Waals surface area (Å²) in [7, 11) is 1.70. The van der Waals surface area contributed by atoms with Crippen molar-refractivity contribution in [1.82, 2.24) is 10.1 Å². The topological polar surface area (TPSA) is 66.6 Å². The maximum Gasteiger partial charge on any atom is 0.292 e. The van der Waals surface area contributed by atoms with Gasteiger partial charge in [0.05, 0.1) is 12.2 Å². The highest BCUT2D eigenvalue weighted by Crippen LogP contribution is 2.22. The van der Waals surface area contributed by atoms with E-state index in [-0.39, 0.29) is 23.5 Å². The van der Waals surface area contributed by atoms with Gasteiger partial charge in [-0.1, -0.05) is 17.3 Å². The minimum absolute atomic E-state index is 0.122. The summed E-state index contributed by atoms with van der Waals surface area (Å²) < 4.78 is 4.84. The van der Waals surface area contributed by atoms with Crippen molar-refractivity contribution in [3.05, 3.63) is 47.9 Å².